The van der Waals surface area contributed by atoms with E-state index < -0.39 is 0 Å². The van der Waals surface area contributed by atoms with Gasteiger partial charge in [0.15, 0.2) is 0 Å². The molecular formula is C9H10N4OS. The zero-order valence-electron chi connectivity index (χ0n) is 8.10. The van der Waals surface area contributed by atoms with E-state index in [9.17, 15) is 0 Å². The fourth-order valence-corrected chi connectivity index (χ4v) is 1.82. The number of pyridine rings is 1. The van der Waals surface area contributed by atoms with Crippen LogP contribution >= 0.6 is 11.8 Å². The molecule has 0 amide bonds. The quantitative estimate of drug-likeness (QED) is 0.609. The molecule has 2 aromatic heterocycles. The van der Waals surface area contributed by atoms with Crippen molar-refractivity contribution in [1.29, 1.82) is 0 Å². The van der Waals surface area contributed by atoms with Gasteiger partial charge in [-0.25, -0.2) is 15.8 Å². The minimum atomic E-state index is 0.613. The van der Waals surface area contributed by atoms with Crippen LogP contribution in [0.1, 0.15) is 5.69 Å². The van der Waals surface area contributed by atoms with E-state index in [4.69, 9.17) is 10.3 Å². The molecule has 0 unspecified atom stereocenters. The van der Waals surface area contributed by atoms with Gasteiger partial charge >= 0.3 is 0 Å². The molecule has 0 aliphatic heterocycles. The molecule has 2 aromatic rings. The van der Waals surface area contributed by atoms with Crippen molar-refractivity contribution >= 4 is 17.6 Å². The summed E-state index contributed by atoms with van der Waals surface area (Å²) in [4.78, 5) is 9.16. The number of hydrazine groups is 1. The first kappa shape index (κ1) is 10.0. The smallest absolute Gasteiger partial charge is 0.260 e. The van der Waals surface area contributed by atoms with Crippen LogP contribution in [-0.4, -0.2) is 9.97 Å². The highest BCUT2D eigenvalue weighted by Crippen LogP contribution is 2.27. The zero-order chi connectivity index (χ0) is 10.7. The lowest BCUT2D eigenvalue weighted by atomic mass is 10.5. The minimum absolute atomic E-state index is 0.613. The maximum absolute atomic E-state index is 5.26. The summed E-state index contributed by atoms with van der Waals surface area (Å²) in [5.41, 5.74) is 3.35. The largest absolute Gasteiger partial charge is 0.439 e. The highest BCUT2D eigenvalue weighted by Gasteiger charge is 2.04. The second-order valence-electron chi connectivity index (χ2n) is 2.88. The third-order valence-corrected chi connectivity index (χ3v) is 2.53. The van der Waals surface area contributed by atoms with Gasteiger partial charge in [-0.1, -0.05) is 0 Å². The van der Waals surface area contributed by atoms with Gasteiger partial charge in [0.25, 0.3) is 5.22 Å². The van der Waals surface area contributed by atoms with E-state index in [0.717, 1.165) is 10.6 Å². The monoisotopic (exact) mass is 222 g/mol. The van der Waals surface area contributed by atoms with Crippen LogP contribution in [0.25, 0.3) is 0 Å². The Kier molecular flexibility index (Phi) is 2.89. The van der Waals surface area contributed by atoms with Crippen LogP contribution < -0.4 is 11.3 Å². The Morgan fingerprint density at radius 1 is 1.53 bits per heavy atom. The lowest BCUT2D eigenvalue weighted by Gasteiger charge is -2.00. The summed E-state index contributed by atoms with van der Waals surface area (Å²) in [5, 5.41) is 0.613. The van der Waals surface area contributed by atoms with Gasteiger partial charge in [-0.2, -0.15) is 0 Å². The van der Waals surface area contributed by atoms with Crippen LogP contribution in [0.3, 0.4) is 0 Å². The SMILES string of the molecule is Cc1coc(Sc2ccnc(NN)c2)n1. The average Bonchev–Trinajstić information content (AvgIpc) is 2.64. The van der Waals surface area contributed by atoms with Crippen molar-refractivity contribution in [3.63, 3.8) is 0 Å². The van der Waals surface area contributed by atoms with Crippen molar-refractivity contribution in [2.75, 3.05) is 5.43 Å². The fourth-order valence-electron chi connectivity index (χ4n) is 1.03. The van der Waals surface area contributed by atoms with Crippen molar-refractivity contribution in [2.45, 2.75) is 17.0 Å². The van der Waals surface area contributed by atoms with Gasteiger partial charge in [-0.05, 0) is 30.8 Å². The Bertz CT molecular complexity index is 457. The Labute approximate surface area is 91.1 Å². The Balaban J connectivity index is 2.16. The number of aryl methyl sites for hydroxylation is 1. The number of aromatic nitrogens is 2. The molecule has 0 aliphatic carbocycles. The van der Waals surface area contributed by atoms with Gasteiger partial charge in [-0.3, -0.25) is 0 Å². The molecule has 0 atom stereocenters. The summed E-state index contributed by atoms with van der Waals surface area (Å²) >= 11 is 1.42. The number of nitrogens with one attached hydrogen (secondary N) is 1. The molecule has 0 bridgehead atoms. The molecule has 0 aromatic carbocycles. The number of hydrogen-bond donors (Lipinski definition) is 2. The second kappa shape index (κ2) is 4.33. The molecule has 6 heteroatoms. The third-order valence-electron chi connectivity index (χ3n) is 1.68. The molecule has 78 valence electrons. The molecule has 2 rings (SSSR count). The summed E-state index contributed by atoms with van der Waals surface area (Å²) in [5.74, 6) is 5.87. The van der Waals surface area contributed by atoms with Crippen LogP contribution in [0.4, 0.5) is 5.82 Å². The fraction of sp³-hybridized carbons (Fsp3) is 0.111. The molecular weight excluding hydrogens is 212 g/mol. The molecule has 2 heterocycles. The van der Waals surface area contributed by atoms with Crippen molar-refractivity contribution in [3.05, 3.63) is 30.3 Å². The van der Waals surface area contributed by atoms with Crippen LogP contribution in [0.5, 0.6) is 0 Å². The minimum Gasteiger partial charge on any atom is -0.439 e. The molecule has 3 N–H and O–H groups in total. The topological polar surface area (TPSA) is 77.0 Å². The summed E-state index contributed by atoms with van der Waals surface area (Å²) in [6.07, 6.45) is 3.29. The maximum Gasteiger partial charge on any atom is 0.260 e. The normalized spacial score (nSPS) is 10.3. The molecule has 0 spiro atoms. The predicted octanol–water partition coefficient (Wildman–Crippen LogP) is 1.81. The van der Waals surface area contributed by atoms with Crippen molar-refractivity contribution < 1.29 is 4.42 Å². The highest BCUT2D eigenvalue weighted by atomic mass is 32.2. The number of nitrogen functional groups attached to an aromatic ring is 1. The van der Waals surface area contributed by atoms with Crippen LogP contribution in [0.15, 0.2) is 39.1 Å². The standard InChI is InChI=1S/C9H10N4OS/c1-6-5-14-9(12-6)15-7-2-3-11-8(4-7)13-10/h2-5H,10H2,1H3,(H,11,13). The van der Waals surface area contributed by atoms with E-state index in [-0.39, 0.29) is 0 Å². The molecule has 0 fully saturated rings. The molecule has 0 saturated heterocycles. The van der Waals surface area contributed by atoms with Crippen LogP contribution in [0.2, 0.25) is 0 Å². The first-order valence-electron chi connectivity index (χ1n) is 4.30. The molecule has 5 nitrogen and oxygen atoms in total. The first-order chi connectivity index (χ1) is 7.28. The van der Waals surface area contributed by atoms with E-state index in [1.807, 2.05) is 19.1 Å². The number of rotatable bonds is 3. The number of anilines is 1. The summed E-state index contributed by atoms with van der Waals surface area (Å²) < 4.78 is 5.22. The first-order valence-corrected chi connectivity index (χ1v) is 5.12. The summed E-state index contributed by atoms with van der Waals surface area (Å²) in [6.45, 7) is 1.88. The van der Waals surface area contributed by atoms with E-state index in [2.05, 4.69) is 15.4 Å². The summed E-state index contributed by atoms with van der Waals surface area (Å²) in [7, 11) is 0. The van der Waals surface area contributed by atoms with Crippen molar-refractivity contribution in [2.24, 2.45) is 5.84 Å². The van der Waals surface area contributed by atoms with E-state index in [0.29, 0.717) is 11.0 Å². The van der Waals surface area contributed by atoms with Crippen molar-refractivity contribution in [3.8, 4) is 0 Å². The number of nitrogens with two attached hydrogens (primary N) is 1. The molecule has 0 aliphatic rings. The van der Waals surface area contributed by atoms with Gasteiger partial charge in [0.2, 0.25) is 0 Å². The van der Waals surface area contributed by atoms with Gasteiger partial charge in [0.1, 0.15) is 12.1 Å². The van der Waals surface area contributed by atoms with Crippen molar-refractivity contribution in [1.82, 2.24) is 9.97 Å². The number of nitrogens with zero attached hydrogens (tertiary/aromatic N) is 2. The predicted molar refractivity (Wildman–Crippen MR) is 57.4 cm³/mol. The third kappa shape index (κ3) is 2.48. The number of oxazole rings is 1. The van der Waals surface area contributed by atoms with Gasteiger partial charge in [-0.15, -0.1) is 0 Å². The zero-order valence-corrected chi connectivity index (χ0v) is 8.91. The average molecular weight is 222 g/mol. The van der Waals surface area contributed by atoms with Gasteiger partial charge in [0, 0.05) is 11.1 Å². The number of hydrogen-bond acceptors (Lipinski definition) is 6. The van der Waals surface area contributed by atoms with E-state index in [1.54, 1.807) is 12.5 Å². The van der Waals surface area contributed by atoms with Gasteiger partial charge < -0.3 is 9.84 Å². The summed E-state index contributed by atoms with van der Waals surface area (Å²) in [6, 6.07) is 3.69. The molecule has 15 heavy (non-hydrogen) atoms. The highest BCUT2D eigenvalue weighted by molar-refractivity contribution is 7.99. The lowest BCUT2D eigenvalue weighted by Crippen LogP contribution is -2.07. The maximum atomic E-state index is 5.26. The Hall–Kier alpha value is -1.53. The second-order valence-corrected chi connectivity index (χ2v) is 3.90. The lowest BCUT2D eigenvalue weighted by molar-refractivity contribution is 0.454. The van der Waals surface area contributed by atoms with Gasteiger partial charge in [0.05, 0.1) is 5.69 Å². The van der Waals surface area contributed by atoms with Crippen LogP contribution in [0, 0.1) is 6.92 Å². The Morgan fingerprint density at radius 3 is 3.07 bits per heavy atom. The van der Waals surface area contributed by atoms with E-state index >= 15 is 0 Å². The molecule has 0 saturated carbocycles. The van der Waals surface area contributed by atoms with Crippen LogP contribution in [-0.2, 0) is 0 Å². The Morgan fingerprint density at radius 2 is 2.40 bits per heavy atom. The van der Waals surface area contributed by atoms with E-state index in [1.165, 1.54) is 11.8 Å². The molecule has 0 radical (unpaired) electrons.